The van der Waals surface area contributed by atoms with Crippen molar-refractivity contribution < 1.29 is 0 Å². The highest BCUT2D eigenvalue weighted by molar-refractivity contribution is 9.09. The summed E-state index contributed by atoms with van der Waals surface area (Å²) in [6.07, 6.45) is 4.30. The Morgan fingerprint density at radius 3 is 2.59 bits per heavy atom. The number of nitrogens with zero attached hydrogens (tertiary/aromatic N) is 2. The molecule has 1 aromatic heterocycles. The van der Waals surface area contributed by atoms with Crippen molar-refractivity contribution in [3.05, 3.63) is 30.5 Å². The van der Waals surface area contributed by atoms with E-state index in [0.29, 0.717) is 5.41 Å². The number of hydrogen-bond donors (Lipinski definition) is 0. The zero-order valence-electron chi connectivity index (χ0n) is 10.5. The van der Waals surface area contributed by atoms with Gasteiger partial charge in [0.1, 0.15) is 0 Å². The van der Waals surface area contributed by atoms with Gasteiger partial charge in [-0.15, -0.1) is 0 Å². The summed E-state index contributed by atoms with van der Waals surface area (Å²) in [6, 6.07) is 8.40. The third-order valence-electron chi connectivity index (χ3n) is 3.82. The third kappa shape index (κ3) is 2.39. The fourth-order valence-electron chi connectivity index (χ4n) is 2.17. The second-order valence-electron chi connectivity index (χ2n) is 4.70. The van der Waals surface area contributed by atoms with Gasteiger partial charge in [0.05, 0.1) is 11.7 Å². The van der Waals surface area contributed by atoms with E-state index in [2.05, 4.69) is 63.8 Å². The Balaban J connectivity index is 2.34. The summed E-state index contributed by atoms with van der Waals surface area (Å²) in [4.78, 5) is 0. The number of fused-ring (bicyclic) bond motifs is 1. The van der Waals surface area contributed by atoms with Crippen LogP contribution >= 0.6 is 15.9 Å². The zero-order valence-corrected chi connectivity index (χ0v) is 12.1. The summed E-state index contributed by atoms with van der Waals surface area (Å²) in [5.41, 5.74) is 1.55. The first-order valence-electron chi connectivity index (χ1n) is 6.21. The summed E-state index contributed by atoms with van der Waals surface area (Å²) in [7, 11) is 0. The fraction of sp³-hybridized carbons (Fsp3) is 0.500. The molecule has 17 heavy (non-hydrogen) atoms. The monoisotopic (exact) mass is 294 g/mol. The Morgan fingerprint density at radius 2 is 1.94 bits per heavy atom. The van der Waals surface area contributed by atoms with Gasteiger partial charge in [-0.1, -0.05) is 48.0 Å². The molecule has 0 saturated heterocycles. The van der Waals surface area contributed by atoms with E-state index in [0.717, 1.165) is 11.9 Å². The maximum atomic E-state index is 4.52. The minimum absolute atomic E-state index is 0.314. The molecule has 0 aliphatic rings. The minimum atomic E-state index is 0.314. The summed E-state index contributed by atoms with van der Waals surface area (Å²) >= 11 is 3.66. The third-order valence-corrected chi connectivity index (χ3v) is 5.01. The van der Waals surface area contributed by atoms with Crippen LogP contribution in [0, 0.1) is 5.41 Å². The van der Waals surface area contributed by atoms with Gasteiger partial charge >= 0.3 is 0 Å². The molecule has 3 heteroatoms. The van der Waals surface area contributed by atoms with Gasteiger partial charge in [0.15, 0.2) is 0 Å². The van der Waals surface area contributed by atoms with E-state index in [1.165, 1.54) is 23.7 Å². The molecule has 2 aromatic rings. The van der Waals surface area contributed by atoms with Crippen LogP contribution in [0.2, 0.25) is 0 Å². The van der Waals surface area contributed by atoms with Crippen LogP contribution in [0.3, 0.4) is 0 Å². The molecular formula is C14H19BrN2. The van der Waals surface area contributed by atoms with E-state index < -0.39 is 0 Å². The van der Waals surface area contributed by atoms with Crippen molar-refractivity contribution in [1.29, 1.82) is 0 Å². The molecule has 0 atom stereocenters. The Morgan fingerprint density at radius 1 is 1.24 bits per heavy atom. The first-order chi connectivity index (χ1) is 8.24. The lowest BCUT2D eigenvalue weighted by atomic mass is 9.84. The number of aromatic nitrogens is 2. The van der Waals surface area contributed by atoms with Crippen molar-refractivity contribution in [2.75, 3.05) is 5.33 Å². The maximum absolute atomic E-state index is 4.52. The number of halogens is 1. The lowest BCUT2D eigenvalue weighted by Gasteiger charge is -2.29. The average molecular weight is 295 g/mol. The predicted molar refractivity (Wildman–Crippen MR) is 76.5 cm³/mol. The molecule has 0 spiro atoms. The maximum Gasteiger partial charge on any atom is 0.0682 e. The highest BCUT2D eigenvalue weighted by atomic mass is 79.9. The van der Waals surface area contributed by atoms with E-state index in [-0.39, 0.29) is 0 Å². The Bertz CT molecular complexity index is 477. The van der Waals surface area contributed by atoms with Gasteiger partial charge in [0.25, 0.3) is 0 Å². The van der Waals surface area contributed by atoms with Crippen molar-refractivity contribution in [3.8, 4) is 0 Å². The van der Waals surface area contributed by atoms with Crippen molar-refractivity contribution in [3.63, 3.8) is 0 Å². The molecule has 1 aromatic carbocycles. The number of hydrogen-bond acceptors (Lipinski definition) is 1. The van der Waals surface area contributed by atoms with Crippen LogP contribution in [0.5, 0.6) is 0 Å². The van der Waals surface area contributed by atoms with Crippen LogP contribution in [0.1, 0.15) is 26.7 Å². The molecule has 2 rings (SSSR count). The lowest BCUT2D eigenvalue weighted by Crippen LogP contribution is -2.27. The van der Waals surface area contributed by atoms with Crippen molar-refractivity contribution in [2.24, 2.45) is 5.41 Å². The lowest BCUT2D eigenvalue weighted by molar-refractivity contribution is 0.252. The van der Waals surface area contributed by atoms with E-state index in [4.69, 9.17) is 0 Å². The van der Waals surface area contributed by atoms with Crippen LogP contribution in [0.25, 0.3) is 10.9 Å². The summed E-state index contributed by atoms with van der Waals surface area (Å²) < 4.78 is 2.14. The number of alkyl halides is 1. The Kier molecular flexibility index (Phi) is 3.87. The molecule has 2 nitrogen and oxygen atoms in total. The van der Waals surface area contributed by atoms with E-state index in [1.807, 2.05) is 6.20 Å². The normalized spacial score (nSPS) is 12.2. The van der Waals surface area contributed by atoms with Gasteiger partial charge in [-0.05, 0) is 24.3 Å². The largest absolute Gasteiger partial charge is 0.264 e. The van der Waals surface area contributed by atoms with Gasteiger partial charge in [-0.25, -0.2) is 0 Å². The van der Waals surface area contributed by atoms with E-state index in [9.17, 15) is 0 Å². The molecule has 0 bridgehead atoms. The predicted octanol–water partition coefficient (Wildman–Crippen LogP) is 4.24. The van der Waals surface area contributed by atoms with Crippen molar-refractivity contribution >= 4 is 26.8 Å². The first kappa shape index (κ1) is 12.6. The van der Waals surface area contributed by atoms with E-state index >= 15 is 0 Å². The molecule has 0 unspecified atom stereocenters. The summed E-state index contributed by atoms with van der Waals surface area (Å²) in [5, 5.41) is 6.77. The number of benzene rings is 1. The second-order valence-corrected chi connectivity index (χ2v) is 5.26. The molecule has 0 fully saturated rings. The van der Waals surface area contributed by atoms with Gasteiger partial charge in [0, 0.05) is 17.3 Å². The summed E-state index contributed by atoms with van der Waals surface area (Å²) in [5.74, 6) is 0. The molecule has 0 aliphatic heterocycles. The van der Waals surface area contributed by atoms with Crippen molar-refractivity contribution in [1.82, 2.24) is 9.78 Å². The van der Waals surface area contributed by atoms with Crippen LogP contribution in [-0.4, -0.2) is 15.1 Å². The zero-order chi connectivity index (χ0) is 12.3. The van der Waals surface area contributed by atoms with Gasteiger partial charge in [-0.3, -0.25) is 4.68 Å². The first-order valence-corrected chi connectivity index (χ1v) is 7.33. The standard InChI is InChI=1S/C14H19BrN2/c1-3-14(4-2,10-15)11-17-13-8-6-5-7-12(13)9-16-17/h5-9H,3-4,10-11H2,1-2H3. The molecule has 1 heterocycles. The number of rotatable bonds is 5. The second kappa shape index (κ2) is 5.21. The highest BCUT2D eigenvalue weighted by Gasteiger charge is 2.26. The summed E-state index contributed by atoms with van der Waals surface area (Å²) in [6.45, 7) is 5.51. The molecule has 0 N–H and O–H groups in total. The highest BCUT2D eigenvalue weighted by Crippen LogP contribution is 2.31. The molecule has 0 amide bonds. The van der Waals surface area contributed by atoms with Crippen LogP contribution in [0.4, 0.5) is 0 Å². The minimum Gasteiger partial charge on any atom is -0.264 e. The SMILES string of the molecule is CCC(CC)(CBr)Cn1ncc2ccccc21. The fourth-order valence-corrected chi connectivity index (χ4v) is 3.14. The number of para-hydroxylation sites is 1. The van der Waals surface area contributed by atoms with E-state index in [1.54, 1.807) is 0 Å². The molecule has 0 aliphatic carbocycles. The molecule has 0 saturated carbocycles. The Hall–Kier alpha value is -0.830. The van der Waals surface area contributed by atoms with Crippen molar-refractivity contribution in [2.45, 2.75) is 33.2 Å². The average Bonchev–Trinajstić information content (AvgIpc) is 2.79. The molecular weight excluding hydrogens is 276 g/mol. The van der Waals surface area contributed by atoms with Crippen LogP contribution in [-0.2, 0) is 6.54 Å². The topological polar surface area (TPSA) is 17.8 Å². The van der Waals surface area contributed by atoms with Gasteiger partial charge in [-0.2, -0.15) is 5.10 Å². The molecule has 92 valence electrons. The van der Waals surface area contributed by atoms with Gasteiger partial charge < -0.3 is 0 Å². The van der Waals surface area contributed by atoms with Gasteiger partial charge in [0.2, 0.25) is 0 Å². The smallest absolute Gasteiger partial charge is 0.0682 e. The van der Waals surface area contributed by atoms with Crippen LogP contribution < -0.4 is 0 Å². The van der Waals surface area contributed by atoms with Crippen LogP contribution in [0.15, 0.2) is 30.5 Å². The molecule has 0 radical (unpaired) electrons. The quantitative estimate of drug-likeness (QED) is 0.754. The Labute approximate surface area is 111 Å².